The highest BCUT2D eigenvalue weighted by Crippen LogP contribution is 2.30. The van der Waals surface area contributed by atoms with E-state index in [-0.39, 0.29) is 11.8 Å². The molecule has 0 radical (unpaired) electrons. The zero-order valence-electron chi connectivity index (χ0n) is 13.4. The summed E-state index contributed by atoms with van der Waals surface area (Å²) in [7, 11) is 0. The standard InChI is InChI=1S/C18H21N3O2/c1-13-10-16(19-23-13)12-20-8-6-15(11-20)18(22)21-9-7-14-4-2-3-5-17(14)21/h2-5,10,15H,6-9,11-12H2,1H3. The first-order chi connectivity index (χ1) is 11.2. The molecule has 2 aliphatic heterocycles. The van der Waals surface area contributed by atoms with E-state index in [0.717, 1.165) is 56.2 Å². The Kier molecular flexibility index (Phi) is 3.65. The van der Waals surface area contributed by atoms with Gasteiger partial charge in [-0.25, -0.2) is 0 Å². The second-order valence-corrected chi connectivity index (χ2v) is 6.52. The highest BCUT2D eigenvalue weighted by atomic mass is 16.5. The number of amides is 1. The van der Waals surface area contributed by atoms with Gasteiger partial charge in [0.25, 0.3) is 0 Å². The predicted octanol–water partition coefficient (Wildman–Crippen LogP) is 2.39. The van der Waals surface area contributed by atoms with Crippen molar-refractivity contribution in [3.05, 3.63) is 47.3 Å². The van der Waals surface area contributed by atoms with Gasteiger partial charge in [-0.2, -0.15) is 0 Å². The largest absolute Gasteiger partial charge is 0.361 e. The number of aromatic nitrogens is 1. The molecular weight excluding hydrogens is 290 g/mol. The Hall–Kier alpha value is -2.14. The summed E-state index contributed by atoms with van der Waals surface area (Å²) in [4.78, 5) is 17.1. The van der Waals surface area contributed by atoms with Crippen LogP contribution in [0, 0.1) is 12.8 Å². The molecule has 5 heteroatoms. The van der Waals surface area contributed by atoms with Gasteiger partial charge in [-0.15, -0.1) is 0 Å². The minimum Gasteiger partial charge on any atom is -0.361 e. The quantitative estimate of drug-likeness (QED) is 0.873. The van der Waals surface area contributed by atoms with E-state index >= 15 is 0 Å². The van der Waals surface area contributed by atoms with Gasteiger partial charge in [0.1, 0.15) is 5.76 Å². The van der Waals surface area contributed by atoms with E-state index in [1.165, 1.54) is 5.56 Å². The monoisotopic (exact) mass is 311 g/mol. The van der Waals surface area contributed by atoms with Crippen molar-refractivity contribution in [1.29, 1.82) is 0 Å². The number of likely N-dealkylation sites (tertiary alicyclic amines) is 1. The van der Waals surface area contributed by atoms with Gasteiger partial charge < -0.3 is 9.42 Å². The summed E-state index contributed by atoms with van der Waals surface area (Å²) in [6.07, 6.45) is 1.89. The molecule has 3 heterocycles. The number of benzene rings is 1. The zero-order valence-corrected chi connectivity index (χ0v) is 13.4. The normalized spacial score (nSPS) is 20.9. The number of anilines is 1. The molecular formula is C18H21N3O2. The third-order valence-electron chi connectivity index (χ3n) is 4.84. The topological polar surface area (TPSA) is 49.6 Å². The van der Waals surface area contributed by atoms with Crippen LogP contribution in [0.25, 0.3) is 0 Å². The summed E-state index contributed by atoms with van der Waals surface area (Å²) in [6.45, 7) is 5.23. The minimum atomic E-state index is 0.0918. The fourth-order valence-corrected chi connectivity index (χ4v) is 3.69. The van der Waals surface area contributed by atoms with E-state index in [1.54, 1.807) is 0 Å². The minimum absolute atomic E-state index is 0.0918. The second-order valence-electron chi connectivity index (χ2n) is 6.52. The highest BCUT2D eigenvalue weighted by Gasteiger charge is 2.34. The average molecular weight is 311 g/mol. The third-order valence-corrected chi connectivity index (χ3v) is 4.84. The number of hydrogen-bond donors (Lipinski definition) is 0. The van der Waals surface area contributed by atoms with Gasteiger partial charge in [0.15, 0.2) is 0 Å². The molecule has 0 bridgehead atoms. The van der Waals surface area contributed by atoms with Crippen LogP contribution in [0.1, 0.15) is 23.4 Å². The van der Waals surface area contributed by atoms with Crippen LogP contribution in [0.5, 0.6) is 0 Å². The van der Waals surface area contributed by atoms with E-state index in [1.807, 2.05) is 30.0 Å². The summed E-state index contributed by atoms with van der Waals surface area (Å²) in [6, 6.07) is 10.2. The van der Waals surface area contributed by atoms with Crippen LogP contribution in [0.3, 0.4) is 0 Å². The van der Waals surface area contributed by atoms with Crippen molar-refractivity contribution in [2.24, 2.45) is 5.92 Å². The van der Waals surface area contributed by atoms with Gasteiger partial charge in [-0.3, -0.25) is 9.69 Å². The molecule has 1 atom stereocenters. The maximum absolute atomic E-state index is 12.9. The number of carbonyl (C=O) groups excluding carboxylic acids is 1. The average Bonchev–Trinajstić information content (AvgIpc) is 3.27. The molecule has 0 aliphatic carbocycles. The van der Waals surface area contributed by atoms with Crippen LogP contribution in [0.15, 0.2) is 34.9 Å². The van der Waals surface area contributed by atoms with Crippen LogP contribution in [0.4, 0.5) is 5.69 Å². The number of rotatable bonds is 3. The Bertz CT molecular complexity index is 725. The number of para-hydroxylation sites is 1. The van der Waals surface area contributed by atoms with Gasteiger partial charge in [0.05, 0.1) is 11.6 Å². The summed E-state index contributed by atoms with van der Waals surface area (Å²) in [5.41, 5.74) is 3.33. The van der Waals surface area contributed by atoms with E-state index in [9.17, 15) is 4.79 Å². The molecule has 5 nitrogen and oxygen atoms in total. The van der Waals surface area contributed by atoms with E-state index in [0.29, 0.717) is 0 Å². The number of nitrogens with zero attached hydrogens (tertiary/aromatic N) is 3. The van der Waals surface area contributed by atoms with Crippen molar-refractivity contribution in [3.8, 4) is 0 Å². The summed E-state index contributed by atoms with van der Waals surface area (Å²) < 4.78 is 5.12. The van der Waals surface area contributed by atoms with Gasteiger partial charge in [0, 0.05) is 31.4 Å². The maximum Gasteiger partial charge on any atom is 0.231 e. The number of carbonyl (C=O) groups is 1. The lowest BCUT2D eigenvalue weighted by Gasteiger charge is -2.21. The maximum atomic E-state index is 12.9. The Morgan fingerprint density at radius 2 is 2.22 bits per heavy atom. The zero-order chi connectivity index (χ0) is 15.8. The van der Waals surface area contributed by atoms with Crippen molar-refractivity contribution in [1.82, 2.24) is 10.1 Å². The Morgan fingerprint density at radius 1 is 1.35 bits per heavy atom. The van der Waals surface area contributed by atoms with Crippen LogP contribution < -0.4 is 4.90 Å². The van der Waals surface area contributed by atoms with Crippen molar-refractivity contribution < 1.29 is 9.32 Å². The van der Waals surface area contributed by atoms with Crippen LogP contribution in [-0.2, 0) is 17.8 Å². The van der Waals surface area contributed by atoms with Gasteiger partial charge in [-0.05, 0) is 37.9 Å². The Balaban J connectivity index is 1.41. The molecule has 2 aliphatic rings. The fourth-order valence-electron chi connectivity index (χ4n) is 3.69. The van der Waals surface area contributed by atoms with E-state index in [4.69, 9.17) is 4.52 Å². The molecule has 1 amide bonds. The molecule has 23 heavy (non-hydrogen) atoms. The SMILES string of the molecule is Cc1cc(CN2CCC(C(=O)N3CCc4ccccc43)C2)no1. The molecule has 1 fully saturated rings. The lowest BCUT2D eigenvalue weighted by Crippen LogP contribution is -2.36. The van der Waals surface area contributed by atoms with Crippen molar-refractivity contribution >= 4 is 11.6 Å². The lowest BCUT2D eigenvalue weighted by molar-refractivity contribution is -0.121. The highest BCUT2D eigenvalue weighted by molar-refractivity contribution is 5.97. The molecule has 4 rings (SSSR count). The smallest absolute Gasteiger partial charge is 0.231 e. The van der Waals surface area contributed by atoms with Crippen molar-refractivity contribution in [2.45, 2.75) is 26.3 Å². The molecule has 0 spiro atoms. The van der Waals surface area contributed by atoms with Gasteiger partial charge in [-0.1, -0.05) is 23.4 Å². The molecule has 1 aromatic carbocycles. The molecule has 0 N–H and O–H groups in total. The fraction of sp³-hybridized carbons (Fsp3) is 0.444. The van der Waals surface area contributed by atoms with Crippen LogP contribution in [0.2, 0.25) is 0 Å². The van der Waals surface area contributed by atoms with Gasteiger partial charge in [0.2, 0.25) is 5.91 Å². The van der Waals surface area contributed by atoms with Gasteiger partial charge >= 0.3 is 0 Å². The van der Waals surface area contributed by atoms with Crippen LogP contribution in [-0.4, -0.2) is 35.6 Å². The molecule has 0 saturated carbocycles. The summed E-state index contributed by atoms with van der Waals surface area (Å²) >= 11 is 0. The molecule has 1 saturated heterocycles. The number of hydrogen-bond acceptors (Lipinski definition) is 4. The first-order valence-corrected chi connectivity index (χ1v) is 8.24. The molecule has 1 unspecified atom stereocenters. The summed E-state index contributed by atoms with van der Waals surface area (Å²) in [5.74, 6) is 1.20. The summed E-state index contributed by atoms with van der Waals surface area (Å²) in [5, 5.41) is 4.04. The second kappa shape index (κ2) is 5.81. The Labute approximate surface area is 135 Å². The third kappa shape index (κ3) is 2.77. The predicted molar refractivity (Wildman–Crippen MR) is 87.1 cm³/mol. The molecule has 120 valence electrons. The lowest BCUT2D eigenvalue weighted by atomic mass is 10.1. The van der Waals surface area contributed by atoms with E-state index in [2.05, 4.69) is 22.2 Å². The number of aryl methyl sites for hydroxylation is 1. The number of fused-ring (bicyclic) bond motifs is 1. The van der Waals surface area contributed by atoms with Crippen molar-refractivity contribution in [3.63, 3.8) is 0 Å². The molecule has 2 aromatic rings. The Morgan fingerprint density at radius 3 is 3.04 bits per heavy atom. The van der Waals surface area contributed by atoms with Crippen LogP contribution >= 0.6 is 0 Å². The van der Waals surface area contributed by atoms with E-state index < -0.39 is 0 Å². The first-order valence-electron chi connectivity index (χ1n) is 8.24. The molecule has 1 aromatic heterocycles. The van der Waals surface area contributed by atoms with Crippen molar-refractivity contribution in [2.75, 3.05) is 24.5 Å². The first kappa shape index (κ1) is 14.5.